The minimum Gasteiger partial charge on any atom is -0.411 e. The lowest BCUT2D eigenvalue weighted by Crippen LogP contribution is -2.40. The summed E-state index contributed by atoms with van der Waals surface area (Å²) in [5, 5.41) is 21.2. The van der Waals surface area contributed by atoms with Gasteiger partial charge in [0.2, 0.25) is 0 Å². The second-order valence-electron chi connectivity index (χ2n) is 4.99. The number of benzene rings is 1. The number of piperidine rings is 1. The van der Waals surface area contributed by atoms with Crippen LogP contribution in [0, 0.1) is 17.2 Å². The Labute approximate surface area is 114 Å². The van der Waals surface area contributed by atoms with Gasteiger partial charge in [0.15, 0.2) is 0 Å². The Morgan fingerprint density at radius 3 is 2.74 bits per heavy atom. The molecule has 0 amide bonds. The molecule has 1 aromatic carbocycles. The number of nitrogens with zero attached hydrogens (tertiary/aromatic N) is 3. The Balaban J connectivity index is 1.98. The molecule has 19 heavy (non-hydrogen) atoms. The third kappa shape index (κ3) is 3.33. The lowest BCUT2D eigenvalue weighted by atomic mass is 9.93. The van der Waals surface area contributed by atoms with E-state index in [1.54, 1.807) is 0 Å². The summed E-state index contributed by atoms with van der Waals surface area (Å²) in [7, 11) is 0. The SMILES string of the molecule is CCC1CN(Cc2ccc(C#N)cc2)CC/C1=N\O. The van der Waals surface area contributed by atoms with Crippen LogP contribution in [0.2, 0.25) is 0 Å². The van der Waals surface area contributed by atoms with Crippen molar-refractivity contribution in [2.75, 3.05) is 13.1 Å². The lowest BCUT2D eigenvalue weighted by molar-refractivity contribution is 0.220. The van der Waals surface area contributed by atoms with Gasteiger partial charge < -0.3 is 5.21 Å². The summed E-state index contributed by atoms with van der Waals surface area (Å²) in [5.41, 5.74) is 2.85. The normalized spacial score (nSPS) is 22.3. The van der Waals surface area contributed by atoms with E-state index >= 15 is 0 Å². The van der Waals surface area contributed by atoms with E-state index < -0.39 is 0 Å². The largest absolute Gasteiger partial charge is 0.411 e. The minimum absolute atomic E-state index is 0.358. The van der Waals surface area contributed by atoms with Crippen LogP contribution in [-0.4, -0.2) is 28.9 Å². The Hall–Kier alpha value is -1.86. The molecule has 2 rings (SSSR count). The van der Waals surface area contributed by atoms with Crippen molar-refractivity contribution in [3.63, 3.8) is 0 Å². The van der Waals surface area contributed by atoms with Crippen LogP contribution in [0.1, 0.15) is 30.9 Å². The molecule has 4 nitrogen and oxygen atoms in total. The average molecular weight is 257 g/mol. The van der Waals surface area contributed by atoms with Crippen molar-refractivity contribution in [3.8, 4) is 6.07 Å². The summed E-state index contributed by atoms with van der Waals surface area (Å²) in [6, 6.07) is 9.87. The second kappa shape index (κ2) is 6.35. The standard InChI is InChI=1S/C15H19N3O/c1-2-14-11-18(8-7-15(14)17-19)10-13-5-3-12(9-16)4-6-13/h3-6,14,19H,2,7-8,10-11H2,1H3/b17-15+. The number of hydrogen-bond donors (Lipinski definition) is 1. The molecule has 1 atom stereocenters. The van der Waals surface area contributed by atoms with E-state index in [-0.39, 0.29) is 0 Å². The zero-order chi connectivity index (χ0) is 13.7. The first-order chi connectivity index (χ1) is 9.26. The molecule has 1 fully saturated rings. The minimum atomic E-state index is 0.358. The fourth-order valence-corrected chi connectivity index (χ4v) is 2.57. The molecule has 4 heteroatoms. The van der Waals surface area contributed by atoms with E-state index in [4.69, 9.17) is 10.5 Å². The number of oxime groups is 1. The molecule has 0 aliphatic carbocycles. The molecular weight excluding hydrogens is 238 g/mol. The lowest BCUT2D eigenvalue weighted by Gasteiger charge is -2.32. The van der Waals surface area contributed by atoms with Crippen LogP contribution >= 0.6 is 0 Å². The highest BCUT2D eigenvalue weighted by Gasteiger charge is 2.24. The Morgan fingerprint density at radius 2 is 2.16 bits per heavy atom. The maximum Gasteiger partial charge on any atom is 0.0991 e. The monoisotopic (exact) mass is 257 g/mol. The van der Waals surface area contributed by atoms with E-state index in [0.29, 0.717) is 11.5 Å². The molecular formula is C15H19N3O. The van der Waals surface area contributed by atoms with E-state index in [1.165, 1.54) is 5.56 Å². The van der Waals surface area contributed by atoms with Gasteiger partial charge in [0.1, 0.15) is 0 Å². The summed E-state index contributed by atoms with van der Waals surface area (Å²) >= 11 is 0. The van der Waals surface area contributed by atoms with Crippen molar-refractivity contribution in [1.29, 1.82) is 5.26 Å². The Kier molecular flexibility index (Phi) is 4.53. The summed E-state index contributed by atoms with van der Waals surface area (Å²) in [4.78, 5) is 2.38. The summed E-state index contributed by atoms with van der Waals surface area (Å²) in [5.74, 6) is 0.358. The zero-order valence-corrected chi connectivity index (χ0v) is 11.2. The number of rotatable bonds is 3. The maximum atomic E-state index is 8.97. The van der Waals surface area contributed by atoms with Gasteiger partial charge in [-0.1, -0.05) is 24.2 Å². The molecule has 100 valence electrons. The van der Waals surface area contributed by atoms with Crippen molar-refractivity contribution < 1.29 is 5.21 Å². The topological polar surface area (TPSA) is 59.6 Å². The predicted octanol–water partition coefficient (Wildman–Crippen LogP) is 2.62. The van der Waals surface area contributed by atoms with E-state index in [9.17, 15) is 0 Å². The molecule has 0 spiro atoms. The van der Waals surface area contributed by atoms with Crippen LogP contribution in [0.3, 0.4) is 0 Å². The molecule has 1 saturated heterocycles. The predicted molar refractivity (Wildman–Crippen MR) is 74.1 cm³/mol. The fourth-order valence-electron chi connectivity index (χ4n) is 2.57. The Bertz CT molecular complexity index is 487. The molecule has 0 bridgehead atoms. The van der Waals surface area contributed by atoms with E-state index in [1.807, 2.05) is 24.3 Å². The molecule has 1 N–H and O–H groups in total. The van der Waals surface area contributed by atoms with Crippen molar-refractivity contribution >= 4 is 5.71 Å². The van der Waals surface area contributed by atoms with Crippen LogP contribution < -0.4 is 0 Å². The van der Waals surface area contributed by atoms with Crippen LogP contribution in [0.25, 0.3) is 0 Å². The molecule has 0 saturated carbocycles. The van der Waals surface area contributed by atoms with Crippen molar-refractivity contribution in [2.45, 2.75) is 26.3 Å². The molecule has 1 aliphatic rings. The molecule has 1 unspecified atom stereocenters. The smallest absolute Gasteiger partial charge is 0.0991 e. The number of nitriles is 1. The van der Waals surface area contributed by atoms with Crippen LogP contribution in [-0.2, 0) is 6.54 Å². The van der Waals surface area contributed by atoms with Gasteiger partial charge in [0, 0.05) is 32.0 Å². The quantitative estimate of drug-likeness (QED) is 0.669. The third-order valence-electron chi connectivity index (χ3n) is 3.74. The molecule has 1 aromatic rings. The van der Waals surface area contributed by atoms with Gasteiger partial charge in [-0.25, -0.2) is 0 Å². The van der Waals surface area contributed by atoms with Crippen LogP contribution in [0.4, 0.5) is 0 Å². The van der Waals surface area contributed by atoms with Crippen LogP contribution in [0.5, 0.6) is 0 Å². The molecule has 0 aromatic heterocycles. The molecule has 0 radical (unpaired) electrons. The highest BCUT2D eigenvalue weighted by molar-refractivity contribution is 5.87. The number of hydrogen-bond acceptors (Lipinski definition) is 4. The van der Waals surface area contributed by atoms with Crippen LogP contribution in [0.15, 0.2) is 29.4 Å². The van der Waals surface area contributed by atoms with Crippen molar-refractivity contribution in [3.05, 3.63) is 35.4 Å². The summed E-state index contributed by atoms with van der Waals surface area (Å²) < 4.78 is 0. The van der Waals surface area contributed by atoms with Crippen molar-refractivity contribution in [1.82, 2.24) is 4.90 Å². The Morgan fingerprint density at radius 1 is 1.42 bits per heavy atom. The zero-order valence-electron chi connectivity index (χ0n) is 11.2. The van der Waals surface area contributed by atoms with E-state index in [2.05, 4.69) is 23.0 Å². The van der Waals surface area contributed by atoms with Gasteiger partial charge in [-0.05, 0) is 24.1 Å². The highest BCUT2D eigenvalue weighted by Crippen LogP contribution is 2.19. The highest BCUT2D eigenvalue weighted by atomic mass is 16.4. The van der Waals surface area contributed by atoms with Crippen molar-refractivity contribution in [2.24, 2.45) is 11.1 Å². The van der Waals surface area contributed by atoms with Gasteiger partial charge in [-0.15, -0.1) is 0 Å². The summed E-state index contributed by atoms with van der Waals surface area (Å²) in [6.07, 6.45) is 1.84. The summed E-state index contributed by atoms with van der Waals surface area (Å²) in [6.45, 7) is 4.88. The van der Waals surface area contributed by atoms with Gasteiger partial charge in [-0.3, -0.25) is 4.90 Å². The van der Waals surface area contributed by atoms with Gasteiger partial charge in [0.25, 0.3) is 0 Å². The third-order valence-corrected chi connectivity index (χ3v) is 3.74. The first kappa shape index (κ1) is 13.6. The van der Waals surface area contributed by atoms with Gasteiger partial charge in [0.05, 0.1) is 17.3 Å². The molecule has 1 aliphatic heterocycles. The second-order valence-corrected chi connectivity index (χ2v) is 4.99. The first-order valence-corrected chi connectivity index (χ1v) is 6.69. The van der Waals surface area contributed by atoms with E-state index in [0.717, 1.165) is 38.2 Å². The average Bonchev–Trinajstić information content (AvgIpc) is 2.48. The van der Waals surface area contributed by atoms with Gasteiger partial charge >= 0.3 is 0 Å². The fraction of sp³-hybridized carbons (Fsp3) is 0.467. The van der Waals surface area contributed by atoms with Gasteiger partial charge in [-0.2, -0.15) is 5.26 Å². The number of likely N-dealkylation sites (tertiary alicyclic amines) is 1. The maximum absolute atomic E-state index is 8.97. The first-order valence-electron chi connectivity index (χ1n) is 6.69. The molecule has 1 heterocycles.